The molecule has 0 aliphatic rings. The van der Waals surface area contributed by atoms with Crippen LogP contribution in [-0.4, -0.2) is 25.5 Å². The van der Waals surface area contributed by atoms with Gasteiger partial charge in [-0.2, -0.15) is 0 Å². The van der Waals surface area contributed by atoms with Crippen LogP contribution in [0.25, 0.3) is 10.9 Å². The Kier molecular flexibility index (Phi) is 3.92. The number of aromatic amines is 1. The topological polar surface area (TPSA) is 96.9 Å². The molecule has 0 fully saturated rings. The third-order valence-electron chi connectivity index (χ3n) is 4.20. The van der Waals surface area contributed by atoms with Crippen LogP contribution < -0.4 is 5.73 Å². The fourth-order valence-corrected chi connectivity index (χ4v) is 3.00. The summed E-state index contributed by atoms with van der Waals surface area (Å²) in [6.07, 6.45) is 3.08. The van der Waals surface area contributed by atoms with E-state index in [9.17, 15) is 9.90 Å². The molecule has 0 spiro atoms. The van der Waals surface area contributed by atoms with E-state index >= 15 is 0 Å². The van der Waals surface area contributed by atoms with Crippen molar-refractivity contribution in [2.75, 3.05) is 0 Å². The summed E-state index contributed by atoms with van der Waals surface area (Å²) in [4.78, 5) is 18.4. The minimum absolute atomic E-state index is 0.0151. The zero-order chi connectivity index (χ0) is 16.6. The number of carbonyl (C=O) groups excluding carboxylic acids is 1. The molecule has 3 aromatic rings. The number of nitrogens with zero attached hydrogens (tertiary/aromatic N) is 2. The Morgan fingerprint density at radius 1 is 1.43 bits per heavy atom. The smallest absolute Gasteiger partial charge is 0.268 e. The number of H-pyrrole nitrogens is 1. The SMILES string of the molecule is Cc1[nH]c2ccccc2c1C(O)CC(C)n1cnc(C(N)=O)c1. The lowest BCUT2D eigenvalue weighted by atomic mass is 10.00. The summed E-state index contributed by atoms with van der Waals surface area (Å²) in [7, 11) is 0. The first-order valence-electron chi connectivity index (χ1n) is 7.56. The number of aryl methyl sites for hydroxylation is 1. The monoisotopic (exact) mass is 312 g/mol. The van der Waals surface area contributed by atoms with E-state index in [4.69, 9.17) is 5.73 Å². The van der Waals surface area contributed by atoms with Gasteiger partial charge in [0, 0.05) is 34.4 Å². The van der Waals surface area contributed by atoms with E-state index in [1.807, 2.05) is 38.1 Å². The highest BCUT2D eigenvalue weighted by molar-refractivity contribution is 5.90. The van der Waals surface area contributed by atoms with Crippen LogP contribution in [0.2, 0.25) is 0 Å². The molecule has 2 heterocycles. The second kappa shape index (κ2) is 5.89. The molecule has 6 nitrogen and oxygen atoms in total. The molecule has 0 saturated carbocycles. The van der Waals surface area contributed by atoms with Gasteiger partial charge in [-0.15, -0.1) is 0 Å². The van der Waals surface area contributed by atoms with Crippen molar-refractivity contribution in [2.45, 2.75) is 32.4 Å². The van der Waals surface area contributed by atoms with Crippen molar-refractivity contribution in [3.63, 3.8) is 0 Å². The number of imidazole rings is 1. The number of nitrogens with one attached hydrogen (secondary N) is 1. The molecule has 0 bridgehead atoms. The predicted octanol–water partition coefficient (Wildman–Crippen LogP) is 2.46. The average Bonchev–Trinajstić information content (AvgIpc) is 3.10. The summed E-state index contributed by atoms with van der Waals surface area (Å²) >= 11 is 0. The molecule has 1 aromatic carbocycles. The summed E-state index contributed by atoms with van der Waals surface area (Å²) in [6, 6.07) is 7.92. The van der Waals surface area contributed by atoms with E-state index in [0.717, 1.165) is 22.2 Å². The molecule has 1 amide bonds. The molecular weight excluding hydrogens is 292 g/mol. The molecule has 0 aliphatic carbocycles. The zero-order valence-electron chi connectivity index (χ0n) is 13.2. The van der Waals surface area contributed by atoms with Crippen LogP contribution in [0.5, 0.6) is 0 Å². The van der Waals surface area contributed by atoms with E-state index < -0.39 is 12.0 Å². The number of hydrogen-bond donors (Lipinski definition) is 3. The van der Waals surface area contributed by atoms with Gasteiger partial charge in [0.2, 0.25) is 0 Å². The average molecular weight is 312 g/mol. The molecule has 0 radical (unpaired) electrons. The second-order valence-electron chi connectivity index (χ2n) is 5.88. The number of benzene rings is 1. The molecule has 0 saturated heterocycles. The van der Waals surface area contributed by atoms with Crippen LogP contribution in [-0.2, 0) is 0 Å². The fourth-order valence-electron chi connectivity index (χ4n) is 3.00. The van der Waals surface area contributed by atoms with E-state index in [-0.39, 0.29) is 11.7 Å². The fraction of sp³-hybridized carbons (Fsp3) is 0.294. The maximum atomic E-state index is 11.1. The van der Waals surface area contributed by atoms with Gasteiger partial charge in [-0.05, 0) is 26.3 Å². The quantitative estimate of drug-likeness (QED) is 0.675. The number of nitrogens with two attached hydrogens (primary N) is 1. The highest BCUT2D eigenvalue weighted by atomic mass is 16.3. The number of primary amides is 1. The first-order chi connectivity index (χ1) is 11.0. The van der Waals surface area contributed by atoms with E-state index in [0.29, 0.717) is 6.42 Å². The van der Waals surface area contributed by atoms with E-state index in [1.165, 1.54) is 0 Å². The molecule has 2 unspecified atom stereocenters. The van der Waals surface area contributed by atoms with Gasteiger partial charge in [0.1, 0.15) is 5.69 Å². The first-order valence-corrected chi connectivity index (χ1v) is 7.56. The number of carbonyl (C=O) groups is 1. The van der Waals surface area contributed by atoms with Crippen LogP contribution in [0.15, 0.2) is 36.8 Å². The summed E-state index contributed by atoms with van der Waals surface area (Å²) in [5, 5.41) is 11.7. The van der Waals surface area contributed by atoms with Crippen molar-refractivity contribution in [1.82, 2.24) is 14.5 Å². The lowest BCUT2D eigenvalue weighted by molar-refractivity contribution is 0.0996. The highest BCUT2D eigenvalue weighted by Gasteiger charge is 2.20. The van der Waals surface area contributed by atoms with Gasteiger partial charge in [-0.3, -0.25) is 4.79 Å². The number of amides is 1. The van der Waals surface area contributed by atoms with Crippen molar-refractivity contribution in [2.24, 2.45) is 5.73 Å². The Hall–Kier alpha value is -2.60. The number of aliphatic hydroxyl groups is 1. The Bertz CT molecular complexity index is 849. The normalized spacial score (nSPS) is 14.0. The minimum Gasteiger partial charge on any atom is -0.388 e. The van der Waals surface area contributed by atoms with Crippen molar-refractivity contribution in [1.29, 1.82) is 0 Å². The van der Waals surface area contributed by atoms with Gasteiger partial charge >= 0.3 is 0 Å². The number of hydrogen-bond acceptors (Lipinski definition) is 3. The van der Waals surface area contributed by atoms with Gasteiger partial charge in [0.15, 0.2) is 0 Å². The Balaban J connectivity index is 1.83. The number of aliphatic hydroxyl groups excluding tert-OH is 1. The summed E-state index contributed by atoms with van der Waals surface area (Å²) in [5.41, 5.74) is 8.36. The first kappa shape index (κ1) is 15.3. The van der Waals surface area contributed by atoms with Crippen LogP contribution >= 0.6 is 0 Å². The molecule has 6 heteroatoms. The lowest BCUT2D eigenvalue weighted by Gasteiger charge is -2.18. The summed E-state index contributed by atoms with van der Waals surface area (Å²) in [6.45, 7) is 3.94. The number of rotatable bonds is 5. The molecule has 2 atom stereocenters. The van der Waals surface area contributed by atoms with Crippen molar-refractivity contribution < 1.29 is 9.90 Å². The molecule has 2 aromatic heterocycles. The zero-order valence-corrected chi connectivity index (χ0v) is 13.2. The maximum absolute atomic E-state index is 11.1. The highest BCUT2D eigenvalue weighted by Crippen LogP contribution is 2.32. The molecule has 0 aliphatic heterocycles. The van der Waals surface area contributed by atoms with E-state index in [2.05, 4.69) is 9.97 Å². The van der Waals surface area contributed by atoms with Gasteiger partial charge < -0.3 is 20.4 Å². The maximum Gasteiger partial charge on any atom is 0.268 e. The third kappa shape index (κ3) is 2.85. The van der Waals surface area contributed by atoms with Gasteiger partial charge in [0.05, 0.1) is 12.4 Å². The number of aromatic nitrogens is 3. The van der Waals surface area contributed by atoms with Crippen LogP contribution in [0, 0.1) is 6.92 Å². The van der Waals surface area contributed by atoms with Crippen molar-refractivity contribution >= 4 is 16.8 Å². The lowest BCUT2D eigenvalue weighted by Crippen LogP contribution is -2.12. The Morgan fingerprint density at radius 2 is 2.17 bits per heavy atom. The molecule has 4 N–H and O–H groups in total. The van der Waals surface area contributed by atoms with Gasteiger partial charge in [-0.25, -0.2) is 4.98 Å². The molecular formula is C17H20N4O2. The summed E-state index contributed by atoms with van der Waals surface area (Å²) in [5.74, 6) is -0.552. The van der Waals surface area contributed by atoms with Crippen LogP contribution in [0.3, 0.4) is 0 Å². The van der Waals surface area contributed by atoms with E-state index in [1.54, 1.807) is 17.1 Å². The number of para-hydroxylation sites is 1. The van der Waals surface area contributed by atoms with Gasteiger partial charge in [-0.1, -0.05) is 18.2 Å². The Morgan fingerprint density at radius 3 is 2.87 bits per heavy atom. The van der Waals surface area contributed by atoms with Crippen molar-refractivity contribution in [3.8, 4) is 0 Å². The minimum atomic E-state index is -0.611. The summed E-state index contributed by atoms with van der Waals surface area (Å²) < 4.78 is 1.80. The largest absolute Gasteiger partial charge is 0.388 e. The third-order valence-corrected chi connectivity index (χ3v) is 4.20. The second-order valence-corrected chi connectivity index (χ2v) is 5.88. The predicted molar refractivity (Wildman–Crippen MR) is 88.1 cm³/mol. The molecule has 23 heavy (non-hydrogen) atoms. The van der Waals surface area contributed by atoms with Crippen LogP contribution in [0.4, 0.5) is 0 Å². The molecule has 3 rings (SSSR count). The number of fused-ring (bicyclic) bond motifs is 1. The Labute approximate surface area is 134 Å². The van der Waals surface area contributed by atoms with Crippen molar-refractivity contribution in [3.05, 3.63) is 53.7 Å². The molecule has 120 valence electrons. The van der Waals surface area contributed by atoms with Crippen LogP contribution in [0.1, 0.15) is 47.2 Å². The van der Waals surface area contributed by atoms with Gasteiger partial charge in [0.25, 0.3) is 5.91 Å². The standard InChI is InChI=1S/C17H20N4O2/c1-10(21-8-14(17(18)23)19-9-21)7-15(22)16-11(2)20-13-6-4-3-5-12(13)16/h3-6,8-10,15,20,22H,7H2,1-2H3,(H2,18,23).